The van der Waals surface area contributed by atoms with Gasteiger partial charge in [-0.25, -0.2) is 0 Å². The van der Waals surface area contributed by atoms with Crippen LogP contribution in [0, 0.1) is 0 Å². The molecule has 0 aliphatic carbocycles. The Kier molecular flexibility index (Phi) is 4.70. The average molecular weight is 286 g/mol. The van der Waals surface area contributed by atoms with Gasteiger partial charge in [0.05, 0.1) is 5.56 Å². The number of nitrogens with zero attached hydrogens (tertiary/aromatic N) is 2. The molecule has 0 fully saturated rings. The molecule has 7 heteroatoms. The van der Waals surface area contributed by atoms with Gasteiger partial charge >= 0.3 is 0 Å². The molecule has 2 rings (SSSR count). The lowest BCUT2D eigenvalue weighted by molar-refractivity contribution is 0.102. The van der Waals surface area contributed by atoms with Crippen LogP contribution in [0.2, 0.25) is 0 Å². The lowest BCUT2D eigenvalue weighted by Crippen LogP contribution is -2.20. The predicted octanol–water partition coefficient (Wildman–Crippen LogP) is 1.46. The minimum absolute atomic E-state index is 0.0419. The Balaban J connectivity index is 2.02. The summed E-state index contributed by atoms with van der Waals surface area (Å²) in [5, 5.41) is 14.0. The molecule has 0 saturated carbocycles. The molecule has 1 amide bonds. The minimum atomic E-state index is -0.267. The van der Waals surface area contributed by atoms with Gasteiger partial charge in [0, 0.05) is 24.1 Å². The van der Waals surface area contributed by atoms with Crippen LogP contribution in [-0.2, 0) is 0 Å². The van der Waals surface area contributed by atoms with Gasteiger partial charge in [-0.05, 0) is 24.3 Å². The third kappa shape index (κ3) is 4.20. The van der Waals surface area contributed by atoms with E-state index in [1.807, 2.05) is 0 Å². The molecule has 1 aromatic carbocycles. The molecule has 0 aliphatic rings. The zero-order chi connectivity index (χ0) is 15.1. The normalized spacial score (nSPS) is 11.0. The number of ether oxygens (including phenoxy) is 1. The summed E-state index contributed by atoms with van der Waals surface area (Å²) in [6.07, 6.45) is 3.08. The zero-order valence-electron chi connectivity index (χ0n) is 11.1. The second-order valence-corrected chi connectivity index (χ2v) is 4.10. The second kappa shape index (κ2) is 6.90. The molecule has 1 aromatic heterocycles. The highest BCUT2D eigenvalue weighted by atomic mass is 16.5. The monoisotopic (exact) mass is 286 g/mol. The van der Waals surface area contributed by atoms with Crippen molar-refractivity contribution in [1.29, 1.82) is 0 Å². The number of rotatable bonds is 5. The van der Waals surface area contributed by atoms with Gasteiger partial charge in [0.2, 0.25) is 0 Å². The number of benzene rings is 1. The fraction of sp³-hybridized carbons (Fsp3) is 0.0714. The smallest absolute Gasteiger partial charge is 0.257 e. The molecule has 0 spiro atoms. The quantitative estimate of drug-likeness (QED) is 0.333. The Bertz CT molecular complexity index is 644. The first-order chi connectivity index (χ1) is 10.2. The molecule has 2 aromatic rings. The summed E-state index contributed by atoms with van der Waals surface area (Å²) in [6, 6.07) is 10.1. The number of aromatic nitrogens is 1. The van der Waals surface area contributed by atoms with E-state index in [2.05, 4.69) is 15.5 Å². The van der Waals surface area contributed by atoms with Crippen LogP contribution in [0.4, 0.5) is 5.69 Å². The van der Waals surface area contributed by atoms with Crippen molar-refractivity contribution in [3.8, 4) is 5.75 Å². The zero-order valence-corrected chi connectivity index (χ0v) is 11.1. The molecule has 0 unspecified atom stereocenters. The Morgan fingerprint density at radius 1 is 1.38 bits per heavy atom. The van der Waals surface area contributed by atoms with E-state index in [9.17, 15) is 4.79 Å². The summed E-state index contributed by atoms with van der Waals surface area (Å²) in [4.78, 5) is 15.9. The van der Waals surface area contributed by atoms with Crippen molar-refractivity contribution in [3.05, 3.63) is 54.4 Å². The molecular weight excluding hydrogens is 272 g/mol. The average Bonchev–Trinajstić information content (AvgIpc) is 2.53. The number of pyridine rings is 1. The van der Waals surface area contributed by atoms with E-state index >= 15 is 0 Å². The van der Waals surface area contributed by atoms with Crippen LogP contribution >= 0.6 is 0 Å². The first-order valence-corrected chi connectivity index (χ1v) is 6.09. The number of nitrogens with one attached hydrogen (secondary N) is 1. The number of oxime groups is 1. The van der Waals surface area contributed by atoms with E-state index in [0.717, 1.165) is 0 Å². The van der Waals surface area contributed by atoms with E-state index in [4.69, 9.17) is 15.7 Å². The van der Waals surface area contributed by atoms with Crippen LogP contribution in [0.1, 0.15) is 10.4 Å². The lowest BCUT2D eigenvalue weighted by Gasteiger charge is -2.08. The number of amidine groups is 1. The van der Waals surface area contributed by atoms with Crippen LogP contribution in [-0.4, -0.2) is 28.5 Å². The molecule has 0 bridgehead atoms. The van der Waals surface area contributed by atoms with Crippen molar-refractivity contribution in [2.75, 3.05) is 11.9 Å². The SMILES string of the molecule is N/C(COc1cccc(NC(=O)c2cccnc2)c1)=N\O. The fourth-order valence-electron chi connectivity index (χ4n) is 1.55. The van der Waals surface area contributed by atoms with Gasteiger partial charge in [0.15, 0.2) is 5.84 Å². The Hall–Kier alpha value is -3.09. The van der Waals surface area contributed by atoms with Crippen molar-refractivity contribution < 1.29 is 14.7 Å². The first-order valence-electron chi connectivity index (χ1n) is 6.09. The van der Waals surface area contributed by atoms with E-state index in [0.29, 0.717) is 17.0 Å². The number of hydrogen-bond acceptors (Lipinski definition) is 5. The summed E-state index contributed by atoms with van der Waals surface area (Å²) in [5.74, 6) is 0.182. The maximum absolute atomic E-state index is 12.0. The molecule has 0 atom stereocenters. The Morgan fingerprint density at radius 2 is 2.24 bits per heavy atom. The molecule has 1 heterocycles. The van der Waals surface area contributed by atoms with Gasteiger partial charge < -0.3 is 21.0 Å². The topological polar surface area (TPSA) is 110 Å². The molecule has 7 nitrogen and oxygen atoms in total. The van der Waals surface area contributed by atoms with Crippen molar-refractivity contribution in [2.45, 2.75) is 0 Å². The summed E-state index contributed by atoms with van der Waals surface area (Å²) in [6.45, 7) is -0.0451. The molecule has 4 N–H and O–H groups in total. The van der Waals surface area contributed by atoms with Crippen molar-refractivity contribution >= 4 is 17.4 Å². The van der Waals surface area contributed by atoms with Crippen LogP contribution in [0.15, 0.2) is 53.9 Å². The third-order valence-electron chi connectivity index (χ3n) is 2.53. The van der Waals surface area contributed by atoms with Gasteiger partial charge in [-0.3, -0.25) is 9.78 Å². The molecule has 0 radical (unpaired) electrons. The highest BCUT2D eigenvalue weighted by Crippen LogP contribution is 2.18. The van der Waals surface area contributed by atoms with E-state index in [-0.39, 0.29) is 18.3 Å². The molecule has 0 saturated heterocycles. The molecule has 108 valence electrons. The number of hydrogen-bond donors (Lipinski definition) is 3. The van der Waals surface area contributed by atoms with Gasteiger partial charge in [0.25, 0.3) is 5.91 Å². The lowest BCUT2D eigenvalue weighted by atomic mass is 10.2. The summed E-state index contributed by atoms with van der Waals surface area (Å²) in [5.41, 5.74) is 6.34. The highest BCUT2D eigenvalue weighted by Gasteiger charge is 2.06. The summed E-state index contributed by atoms with van der Waals surface area (Å²) < 4.78 is 5.31. The van der Waals surface area contributed by atoms with Gasteiger partial charge in [-0.2, -0.15) is 0 Å². The van der Waals surface area contributed by atoms with E-state index < -0.39 is 0 Å². The number of carbonyl (C=O) groups excluding carboxylic acids is 1. The van der Waals surface area contributed by atoms with E-state index in [1.165, 1.54) is 6.20 Å². The van der Waals surface area contributed by atoms with Gasteiger partial charge in [0.1, 0.15) is 12.4 Å². The standard InChI is InChI=1S/C14H14N4O3/c15-13(18-20)9-21-12-5-1-4-11(7-12)17-14(19)10-3-2-6-16-8-10/h1-8,20H,9H2,(H2,15,18)(H,17,19). The van der Waals surface area contributed by atoms with Gasteiger partial charge in [-0.1, -0.05) is 11.2 Å². The second-order valence-electron chi connectivity index (χ2n) is 4.10. The minimum Gasteiger partial charge on any atom is -0.485 e. The van der Waals surface area contributed by atoms with Crippen LogP contribution in [0.3, 0.4) is 0 Å². The van der Waals surface area contributed by atoms with E-state index in [1.54, 1.807) is 42.6 Å². The summed E-state index contributed by atoms with van der Waals surface area (Å²) >= 11 is 0. The van der Waals surface area contributed by atoms with Crippen LogP contribution in [0.5, 0.6) is 5.75 Å². The maximum atomic E-state index is 12.0. The largest absolute Gasteiger partial charge is 0.485 e. The molecular formula is C14H14N4O3. The number of nitrogens with two attached hydrogens (primary N) is 1. The fourth-order valence-corrected chi connectivity index (χ4v) is 1.55. The van der Waals surface area contributed by atoms with Crippen molar-refractivity contribution in [2.24, 2.45) is 10.9 Å². The van der Waals surface area contributed by atoms with Gasteiger partial charge in [-0.15, -0.1) is 0 Å². The highest BCUT2D eigenvalue weighted by molar-refractivity contribution is 6.04. The molecule has 21 heavy (non-hydrogen) atoms. The Labute approximate surface area is 121 Å². The van der Waals surface area contributed by atoms with Crippen molar-refractivity contribution in [3.63, 3.8) is 0 Å². The third-order valence-corrected chi connectivity index (χ3v) is 2.53. The van der Waals surface area contributed by atoms with Crippen LogP contribution < -0.4 is 15.8 Å². The molecule has 0 aliphatic heterocycles. The number of anilines is 1. The number of carbonyl (C=O) groups is 1. The van der Waals surface area contributed by atoms with Crippen molar-refractivity contribution in [1.82, 2.24) is 4.98 Å². The first kappa shape index (κ1) is 14.3. The van der Waals surface area contributed by atoms with Crippen LogP contribution in [0.25, 0.3) is 0 Å². The summed E-state index contributed by atoms with van der Waals surface area (Å²) in [7, 11) is 0. The maximum Gasteiger partial charge on any atom is 0.257 e. The number of amides is 1. The predicted molar refractivity (Wildman–Crippen MR) is 77.5 cm³/mol. The Morgan fingerprint density at radius 3 is 2.95 bits per heavy atom.